The molecule has 1 N–H and O–H groups in total. The molecule has 2 aromatic carbocycles. The number of pyridine rings is 1. The van der Waals surface area contributed by atoms with Crippen LogP contribution in [0.5, 0.6) is 5.75 Å². The average Bonchev–Trinajstić information content (AvgIpc) is 3.13. The molecule has 1 aromatic heterocycles. The van der Waals surface area contributed by atoms with Crippen molar-refractivity contribution in [1.29, 1.82) is 0 Å². The van der Waals surface area contributed by atoms with Gasteiger partial charge in [-0.3, -0.25) is 14.6 Å². The Hall–Kier alpha value is -4.72. The van der Waals surface area contributed by atoms with Gasteiger partial charge < -0.3 is 19.7 Å². The molecule has 2 heterocycles. The minimum absolute atomic E-state index is 0.147. The van der Waals surface area contributed by atoms with Gasteiger partial charge in [0.1, 0.15) is 5.75 Å². The first-order chi connectivity index (χ1) is 17.5. The Kier molecular flexibility index (Phi) is 7.55. The fraction of sp³-hybridized carbons (Fsp3) is 0.143. The summed E-state index contributed by atoms with van der Waals surface area (Å²) in [6.07, 6.45) is 4.98. The second-order valence-electron chi connectivity index (χ2n) is 8.03. The van der Waals surface area contributed by atoms with Crippen LogP contribution in [0.25, 0.3) is 6.08 Å². The highest BCUT2D eigenvalue weighted by Gasteiger charge is 2.37. The van der Waals surface area contributed by atoms with Crippen molar-refractivity contribution in [3.63, 3.8) is 0 Å². The van der Waals surface area contributed by atoms with Crippen LogP contribution in [0.1, 0.15) is 18.1 Å². The number of allylic oxidation sites excluding steroid dienone is 1. The van der Waals surface area contributed by atoms with E-state index in [1.165, 1.54) is 12.0 Å². The summed E-state index contributed by atoms with van der Waals surface area (Å²) in [5.74, 6) is -0.656. The number of anilines is 1. The summed E-state index contributed by atoms with van der Waals surface area (Å²) in [7, 11) is 1.29. The van der Waals surface area contributed by atoms with Gasteiger partial charge in [0.2, 0.25) is 0 Å². The van der Waals surface area contributed by atoms with Crippen molar-refractivity contribution in [3.05, 3.63) is 107 Å². The van der Waals surface area contributed by atoms with E-state index >= 15 is 0 Å². The zero-order valence-electron chi connectivity index (χ0n) is 19.9. The van der Waals surface area contributed by atoms with Crippen LogP contribution < -0.4 is 10.1 Å². The monoisotopic (exact) mass is 483 g/mol. The van der Waals surface area contributed by atoms with Crippen molar-refractivity contribution in [3.8, 4) is 5.75 Å². The standard InChI is InChI=1S/C28H25N3O5/c1-19-26(28(34)35-2)24(27(33)31(19)17-21-7-6-14-29-16-21)15-20-10-12-23(13-11-20)36-18-25(32)30-22-8-4-3-5-9-22/h3-16H,17-18H2,1-2H3,(H,30,32)/b24-15-. The second-order valence-corrected chi connectivity index (χ2v) is 8.03. The van der Waals surface area contributed by atoms with Gasteiger partial charge in [-0.25, -0.2) is 4.79 Å². The van der Waals surface area contributed by atoms with Crippen molar-refractivity contribution in [2.24, 2.45) is 0 Å². The number of carbonyl (C=O) groups is 3. The largest absolute Gasteiger partial charge is 0.484 e. The summed E-state index contributed by atoms with van der Waals surface area (Å²) in [5, 5.41) is 2.75. The van der Waals surface area contributed by atoms with E-state index in [0.717, 1.165) is 5.56 Å². The SMILES string of the molecule is COC(=O)C1=C(C)N(Cc2cccnc2)C(=O)/C1=C\c1ccc(OCC(=O)Nc2ccccc2)cc1. The van der Waals surface area contributed by atoms with E-state index in [9.17, 15) is 14.4 Å². The Morgan fingerprint density at radius 1 is 1.03 bits per heavy atom. The Bertz CT molecular complexity index is 1320. The van der Waals surface area contributed by atoms with Gasteiger partial charge in [-0.15, -0.1) is 0 Å². The fourth-order valence-corrected chi connectivity index (χ4v) is 3.79. The van der Waals surface area contributed by atoms with E-state index in [1.54, 1.807) is 67.9 Å². The first kappa shape index (κ1) is 24.4. The molecule has 0 aliphatic carbocycles. The van der Waals surface area contributed by atoms with Crippen molar-refractivity contribution >= 4 is 29.5 Å². The van der Waals surface area contributed by atoms with Crippen LogP contribution in [-0.4, -0.2) is 41.4 Å². The van der Waals surface area contributed by atoms with Gasteiger partial charge in [0, 0.05) is 23.8 Å². The maximum atomic E-state index is 13.3. The zero-order valence-corrected chi connectivity index (χ0v) is 19.9. The van der Waals surface area contributed by atoms with Gasteiger partial charge in [0.05, 0.1) is 24.8 Å². The number of benzene rings is 2. The fourth-order valence-electron chi connectivity index (χ4n) is 3.79. The minimum atomic E-state index is -0.579. The normalized spacial score (nSPS) is 14.2. The molecule has 0 bridgehead atoms. The summed E-state index contributed by atoms with van der Waals surface area (Å²) in [6, 6.07) is 19.7. The molecule has 0 unspecified atom stereocenters. The summed E-state index contributed by atoms with van der Waals surface area (Å²) in [4.78, 5) is 43.5. The lowest BCUT2D eigenvalue weighted by atomic mass is 10.0. The summed E-state index contributed by atoms with van der Waals surface area (Å²) < 4.78 is 10.5. The van der Waals surface area contributed by atoms with Gasteiger partial charge in [0.15, 0.2) is 6.61 Å². The average molecular weight is 484 g/mol. The van der Waals surface area contributed by atoms with Crippen LogP contribution >= 0.6 is 0 Å². The van der Waals surface area contributed by atoms with Gasteiger partial charge >= 0.3 is 5.97 Å². The van der Waals surface area contributed by atoms with Crippen LogP contribution in [0.2, 0.25) is 0 Å². The molecule has 8 nitrogen and oxygen atoms in total. The molecule has 182 valence electrons. The number of ether oxygens (including phenoxy) is 2. The molecule has 0 atom stereocenters. The topological polar surface area (TPSA) is 97.8 Å². The molecule has 4 rings (SSSR count). The molecule has 1 aliphatic rings. The molecule has 36 heavy (non-hydrogen) atoms. The van der Waals surface area contributed by atoms with Crippen LogP contribution in [-0.2, 0) is 25.7 Å². The van der Waals surface area contributed by atoms with E-state index in [2.05, 4.69) is 10.3 Å². The Balaban J connectivity index is 1.47. The lowest BCUT2D eigenvalue weighted by molar-refractivity contribution is -0.136. The van der Waals surface area contributed by atoms with Crippen LogP contribution in [0, 0.1) is 0 Å². The number of rotatable bonds is 8. The molecule has 0 fully saturated rings. The minimum Gasteiger partial charge on any atom is -0.484 e. The molecule has 2 amide bonds. The molecule has 8 heteroatoms. The molecule has 0 saturated carbocycles. The third kappa shape index (κ3) is 5.67. The summed E-state index contributed by atoms with van der Waals surface area (Å²) >= 11 is 0. The third-order valence-electron chi connectivity index (χ3n) is 5.58. The number of methoxy groups -OCH3 is 1. The quantitative estimate of drug-likeness (QED) is 0.385. The van der Waals surface area contributed by atoms with Gasteiger partial charge in [-0.1, -0.05) is 36.4 Å². The Morgan fingerprint density at radius 3 is 2.44 bits per heavy atom. The molecule has 1 aliphatic heterocycles. The van der Waals surface area contributed by atoms with E-state index in [-0.39, 0.29) is 36.1 Å². The first-order valence-electron chi connectivity index (χ1n) is 11.3. The molecular formula is C28H25N3O5. The molecular weight excluding hydrogens is 458 g/mol. The van der Waals surface area contributed by atoms with Crippen molar-refractivity contribution in [2.75, 3.05) is 19.0 Å². The van der Waals surface area contributed by atoms with Gasteiger partial charge in [-0.2, -0.15) is 0 Å². The number of hydrogen-bond acceptors (Lipinski definition) is 6. The highest BCUT2D eigenvalue weighted by atomic mass is 16.5. The van der Waals surface area contributed by atoms with Crippen LogP contribution in [0.15, 0.2) is 96.0 Å². The highest BCUT2D eigenvalue weighted by molar-refractivity contribution is 6.16. The highest BCUT2D eigenvalue weighted by Crippen LogP contribution is 2.33. The number of nitrogens with zero attached hydrogens (tertiary/aromatic N) is 2. The Labute approximate surface area is 208 Å². The first-order valence-corrected chi connectivity index (χ1v) is 11.3. The van der Waals surface area contributed by atoms with E-state index < -0.39 is 5.97 Å². The van der Waals surface area contributed by atoms with E-state index in [1.807, 2.05) is 24.3 Å². The predicted molar refractivity (Wildman–Crippen MR) is 134 cm³/mol. The molecule has 0 saturated heterocycles. The number of hydrogen-bond donors (Lipinski definition) is 1. The maximum absolute atomic E-state index is 13.3. The van der Waals surface area contributed by atoms with Crippen molar-refractivity contribution < 1.29 is 23.9 Å². The van der Waals surface area contributed by atoms with Crippen molar-refractivity contribution in [2.45, 2.75) is 13.5 Å². The molecule has 0 radical (unpaired) electrons. The van der Waals surface area contributed by atoms with Gasteiger partial charge in [0.25, 0.3) is 11.8 Å². The number of para-hydroxylation sites is 1. The lowest BCUT2D eigenvalue weighted by Crippen LogP contribution is -2.24. The number of carbonyl (C=O) groups excluding carboxylic acids is 3. The molecule has 3 aromatic rings. The van der Waals surface area contributed by atoms with Crippen LogP contribution in [0.3, 0.4) is 0 Å². The Morgan fingerprint density at radius 2 is 1.78 bits per heavy atom. The third-order valence-corrected chi connectivity index (χ3v) is 5.58. The van der Waals surface area contributed by atoms with Crippen LogP contribution in [0.4, 0.5) is 5.69 Å². The number of nitrogens with one attached hydrogen (secondary N) is 1. The number of esters is 1. The summed E-state index contributed by atoms with van der Waals surface area (Å²) in [6.45, 7) is 1.86. The second kappa shape index (κ2) is 11.1. The van der Waals surface area contributed by atoms with Gasteiger partial charge in [-0.05, 0) is 54.5 Å². The number of aromatic nitrogens is 1. The molecule has 0 spiro atoms. The number of amides is 2. The van der Waals surface area contributed by atoms with Crippen molar-refractivity contribution in [1.82, 2.24) is 9.88 Å². The maximum Gasteiger partial charge on any atom is 0.340 e. The summed E-state index contributed by atoms with van der Waals surface area (Å²) in [5.41, 5.74) is 3.22. The predicted octanol–water partition coefficient (Wildman–Crippen LogP) is 3.97. The smallest absolute Gasteiger partial charge is 0.340 e. The van der Waals surface area contributed by atoms with E-state index in [0.29, 0.717) is 22.7 Å². The zero-order chi connectivity index (χ0) is 25.5. The lowest BCUT2D eigenvalue weighted by Gasteiger charge is -2.17. The van der Waals surface area contributed by atoms with E-state index in [4.69, 9.17) is 9.47 Å².